The van der Waals surface area contributed by atoms with Crippen molar-refractivity contribution in [1.82, 2.24) is 0 Å². The molecule has 0 rings (SSSR count). The SMILES string of the molecule is CCCCCCCCCC=C(CC)CCC. The maximum Gasteiger partial charge on any atom is -0.0323 e. The summed E-state index contributed by atoms with van der Waals surface area (Å²) in [5, 5.41) is 0. The van der Waals surface area contributed by atoms with Gasteiger partial charge in [-0.3, -0.25) is 0 Å². The first kappa shape index (κ1) is 15.7. The van der Waals surface area contributed by atoms with E-state index in [4.69, 9.17) is 0 Å². The van der Waals surface area contributed by atoms with E-state index >= 15 is 0 Å². The fourth-order valence-electron chi connectivity index (χ4n) is 2.15. The van der Waals surface area contributed by atoms with Crippen LogP contribution in [-0.4, -0.2) is 0 Å². The quantitative estimate of drug-likeness (QED) is 0.287. The van der Waals surface area contributed by atoms with Gasteiger partial charge in [0.05, 0.1) is 0 Å². The summed E-state index contributed by atoms with van der Waals surface area (Å²) in [6, 6.07) is 0. The molecule has 0 aliphatic heterocycles. The third-order valence-electron chi connectivity index (χ3n) is 3.27. The third kappa shape index (κ3) is 10.3. The normalized spacial score (nSPS) is 12.1. The summed E-state index contributed by atoms with van der Waals surface area (Å²) in [7, 11) is 0. The molecule has 96 valence electrons. The minimum atomic E-state index is 1.25. The lowest BCUT2D eigenvalue weighted by atomic mass is 10.0. The molecule has 0 radical (unpaired) electrons. The van der Waals surface area contributed by atoms with Crippen LogP contribution >= 0.6 is 0 Å². The maximum absolute atomic E-state index is 2.50. The monoisotopic (exact) mass is 224 g/mol. The van der Waals surface area contributed by atoms with E-state index < -0.39 is 0 Å². The van der Waals surface area contributed by atoms with Gasteiger partial charge in [0, 0.05) is 0 Å². The van der Waals surface area contributed by atoms with Crippen molar-refractivity contribution in [3.63, 3.8) is 0 Å². The highest BCUT2D eigenvalue weighted by atomic mass is 14.0. The molecule has 0 fully saturated rings. The minimum absolute atomic E-state index is 1.25. The molecule has 0 amide bonds. The number of hydrogen-bond acceptors (Lipinski definition) is 0. The highest BCUT2D eigenvalue weighted by Gasteiger charge is 1.93. The Morgan fingerprint density at radius 2 is 1.38 bits per heavy atom. The van der Waals surface area contributed by atoms with E-state index in [0.717, 1.165) is 0 Å². The van der Waals surface area contributed by atoms with Gasteiger partial charge in [-0.25, -0.2) is 0 Å². The zero-order valence-corrected chi connectivity index (χ0v) is 11.9. The first-order valence-electron chi connectivity index (χ1n) is 7.53. The van der Waals surface area contributed by atoms with Gasteiger partial charge in [-0.15, -0.1) is 0 Å². The molecule has 0 nitrogen and oxygen atoms in total. The molecule has 0 saturated carbocycles. The van der Waals surface area contributed by atoms with Crippen LogP contribution in [0.5, 0.6) is 0 Å². The molecule has 0 atom stereocenters. The molecule has 0 aromatic rings. The van der Waals surface area contributed by atoms with E-state index in [1.807, 2.05) is 0 Å². The van der Waals surface area contributed by atoms with Gasteiger partial charge in [0.15, 0.2) is 0 Å². The van der Waals surface area contributed by atoms with Crippen molar-refractivity contribution in [3.05, 3.63) is 11.6 Å². The van der Waals surface area contributed by atoms with Gasteiger partial charge in [-0.05, 0) is 25.7 Å². The highest BCUT2D eigenvalue weighted by Crippen LogP contribution is 2.13. The lowest BCUT2D eigenvalue weighted by molar-refractivity contribution is 0.591. The zero-order valence-electron chi connectivity index (χ0n) is 11.9. The first-order chi connectivity index (χ1) is 7.85. The number of hydrogen-bond donors (Lipinski definition) is 0. The van der Waals surface area contributed by atoms with Gasteiger partial charge >= 0.3 is 0 Å². The Balaban J connectivity index is 3.30. The molecule has 0 unspecified atom stereocenters. The van der Waals surface area contributed by atoms with Gasteiger partial charge in [0.2, 0.25) is 0 Å². The number of rotatable bonds is 11. The Morgan fingerprint density at radius 3 is 1.94 bits per heavy atom. The van der Waals surface area contributed by atoms with Crippen LogP contribution in [-0.2, 0) is 0 Å². The Labute approximate surface area is 104 Å². The van der Waals surface area contributed by atoms with Crippen LogP contribution in [0.15, 0.2) is 11.6 Å². The summed E-state index contributed by atoms with van der Waals surface area (Å²) in [5.41, 5.74) is 1.67. The average Bonchev–Trinajstić information content (AvgIpc) is 2.31. The molecule has 0 heteroatoms. The van der Waals surface area contributed by atoms with Gasteiger partial charge in [0.1, 0.15) is 0 Å². The lowest BCUT2D eigenvalue weighted by Crippen LogP contribution is -1.82. The molecule has 0 saturated heterocycles. The molecule has 0 aromatic carbocycles. The second-order valence-electron chi connectivity index (χ2n) is 4.88. The number of allylic oxidation sites excluding steroid dienone is 2. The predicted molar refractivity (Wildman–Crippen MR) is 75.9 cm³/mol. The third-order valence-corrected chi connectivity index (χ3v) is 3.27. The molecule has 0 bridgehead atoms. The van der Waals surface area contributed by atoms with Crippen LogP contribution in [0, 0.1) is 0 Å². The molecule has 0 heterocycles. The summed E-state index contributed by atoms with van der Waals surface area (Å²) < 4.78 is 0. The topological polar surface area (TPSA) is 0 Å². The lowest BCUT2D eigenvalue weighted by Gasteiger charge is -2.03. The van der Waals surface area contributed by atoms with Crippen LogP contribution in [0.3, 0.4) is 0 Å². The molecule has 0 aliphatic rings. The van der Waals surface area contributed by atoms with Gasteiger partial charge in [0.25, 0.3) is 0 Å². The summed E-state index contributed by atoms with van der Waals surface area (Å²) in [5.74, 6) is 0. The molecular formula is C16H32. The second-order valence-corrected chi connectivity index (χ2v) is 4.88. The molecule has 0 spiro atoms. The number of unbranched alkanes of at least 4 members (excludes halogenated alkanes) is 7. The maximum atomic E-state index is 2.50. The fraction of sp³-hybridized carbons (Fsp3) is 0.875. The Bertz CT molecular complexity index is 155. The molecule has 16 heavy (non-hydrogen) atoms. The zero-order chi connectivity index (χ0) is 12.1. The van der Waals surface area contributed by atoms with E-state index in [1.165, 1.54) is 70.6 Å². The van der Waals surface area contributed by atoms with Crippen LogP contribution in [0.2, 0.25) is 0 Å². The standard InChI is InChI=1S/C16H32/c1-4-7-8-9-10-11-12-13-15-16(6-3)14-5-2/h15H,4-14H2,1-3H3. The largest absolute Gasteiger partial charge is 0.0853 e. The van der Waals surface area contributed by atoms with Crippen LogP contribution in [0.4, 0.5) is 0 Å². The molecule has 0 aromatic heterocycles. The van der Waals surface area contributed by atoms with Gasteiger partial charge in [-0.2, -0.15) is 0 Å². The van der Waals surface area contributed by atoms with E-state index in [1.54, 1.807) is 5.57 Å². The Kier molecular flexibility index (Phi) is 12.6. The summed E-state index contributed by atoms with van der Waals surface area (Å²) in [6.07, 6.45) is 17.7. The van der Waals surface area contributed by atoms with E-state index in [-0.39, 0.29) is 0 Å². The minimum Gasteiger partial charge on any atom is -0.0853 e. The van der Waals surface area contributed by atoms with Crippen molar-refractivity contribution in [1.29, 1.82) is 0 Å². The summed E-state index contributed by atoms with van der Waals surface area (Å²) >= 11 is 0. The van der Waals surface area contributed by atoms with Gasteiger partial charge in [-0.1, -0.05) is 77.4 Å². The summed E-state index contributed by atoms with van der Waals surface area (Å²) in [6.45, 7) is 6.84. The van der Waals surface area contributed by atoms with Crippen molar-refractivity contribution in [2.45, 2.75) is 91.4 Å². The smallest absolute Gasteiger partial charge is 0.0323 e. The van der Waals surface area contributed by atoms with Crippen LogP contribution < -0.4 is 0 Å². The van der Waals surface area contributed by atoms with Crippen molar-refractivity contribution in [2.75, 3.05) is 0 Å². The fourth-order valence-corrected chi connectivity index (χ4v) is 2.15. The highest BCUT2D eigenvalue weighted by molar-refractivity contribution is 5.00. The molecule has 0 N–H and O–H groups in total. The molecule has 0 aliphatic carbocycles. The van der Waals surface area contributed by atoms with Gasteiger partial charge < -0.3 is 0 Å². The summed E-state index contributed by atoms with van der Waals surface area (Å²) in [4.78, 5) is 0. The Hall–Kier alpha value is -0.260. The van der Waals surface area contributed by atoms with E-state index in [2.05, 4.69) is 26.8 Å². The van der Waals surface area contributed by atoms with Crippen molar-refractivity contribution in [2.24, 2.45) is 0 Å². The van der Waals surface area contributed by atoms with Crippen LogP contribution in [0.25, 0.3) is 0 Å². The van der Waals surface area contributed by atoms with Crippen molar-refractivity contribution >= 4 is 0 Å². The molecular weight excluding hydrogens is 192 g/mol. The second kappa shape index (κ2) is 12.8. The Morgan fingerprint density at radius 1 is 0.750 bits per heavy atom. The van der Waals surface area contributed by atoms with E-state index in [0.29, 0.717) is 0 Å². The predicted octanol–water partition coefficient (Wildman–Crippen LogP) is 6.26. The van der Waals surface area contributed by atoms with Crippen LogP contribution in [0.1, 0.15) is 91.4 Å². The van der Waals surface area contributed by atoms with Crippen molar-refractivity contribution < 1.29 is 0 Å². The average molecular weight is 224 g/mol. The first-order valence-corrected chi connectivity index (χ1v) is 7.53. The van der Waals surface area contributed by atoms with Crippen molar-refractivity contribution in [3.8, 4) is 0 Å². The van der Waals surface area contributed by atoms with E-state index in [9.17, 15) is 0 Å².